The van der Waals surface area contributed by atoms with Crippen molar-refractivity contribution >= 4 is 23.2 Å². The van der Waals surface area contributed by atoms with E-state index in [1.165, 1.54) is 0 Å². The SMILES string of the molecule is O=CC=C(c1cccnc1)c1cccs1. The Morgan fingerprint density at radius 3 is 2.87 bits per heavy atom. The maximum Gasteiger partial charge on any atom is 0.143 e. The number of aldehydes is 1. The summed E-state index contributed by atoms with van der Waals surface area (Å²) in [5, 5.41) is 1.99. The first kappa shape index (κ1) is 9.80. The molecule has 3 heteroatoms. The summed E-state index contributed by atoms with van der Waals surface area (Å²) in [5.41, 5.74) is 1.89. The van der Waals surface area contributed by atoms with Crippen LogP contribution in [-0.2, 0) is 4.79 Å². The number of rotatable bonds is 3. The van der Waals surface area contributed by atoms with Gasteiger partial charge in [0.25, 0.3) is 0 Å². The molecular weight excluding hydrogens is 206 g/mol. The van der Waals surface area contributed by atoms with Crippen LogP contribution in [-0.4, -0.2) is 11.3 Å². The standard InChI is InChI=1S/C12H9NOS/c14-7-5-11(12-4-2-8-15-12)10-3-1-6-13-9-10/h1-9H. The molecule has 0 N–H and O–H groups in total. The van der Waals surface area contributed by atoms with Crippen LogP contribution in [0.25, 0.3) is 5.57 Å². The minimum absolute atomic E-state index is 0.808. The summed E-state index contributed by atoms with van der Waals surface area (Å²) in [7, 11) is 0. The van der Waals surface area contributed by atoms with Crippen molar-refractivity contribution in [3.8, 4) is 0 Å². The van der Waals surface area contributed by atoms with Gasteiger partial charge in [0.05, 0.1) is 0 Å². The van der Waals surface area contributed by atoms with Crippen molar-refractivity contribution in [1.29, 1.82) is 0 Å². The highest BCUT2D eigenvalue weighted by Crippen LogP contribution is 2.25. The highest BCUT2D eigenvalue weighted by Gasteiger charge is 2.04. The lowest BCUT2D eigenvalue weighted by Crippen LogP contribution is -1.86. The number of nitrogens with zero attached hydrogens (tertiary/aromatic N) is 1. The van der Waals surface area contributed by atoms with Gasteiger partial charge in [0.15, 0.2) is 0 Å². The Labute approximate surface area is 91.9 Å². The van der Waals surface area contributed by atoms with Gasteiger partial charge in [-0.05, 0) is 23.6 Å². The smallest absolute Gasteiger partial charge is 0.143 e. The van der Waals surface area contributed by atoms with Gasteiger partial charge in [-0.25, -0.2) is 0 Å². The molecule has 0 aliphatic rings. The van der Waals surface area contributed by atoms with E-state index >= 15 is 0 Å². The van der Waals surface area contributed by atoms with E-state index in [0.29, 0.717) is 0 Å². The van der Waals surface area contributed by atoms with Gasteiger partial charge in [-0.2, -0.15) is 0 Å². The summed E-state index contributed by atoms with van der Waals surface area (Å²) >= 11 is 1.61. The van der Waals surface area contributed by atoms with Gasteiger partial charge in [-0.3, -0.25) is 9.78 Å². The van der Waals surface area contributed by atoms with Gasteiger partial charge in [0, 0.05) is 28.4 Å². The summed E-state index contributed by atoms with van der Waals surface area (Å²) in [4.78, 5) is 15.7. The van der Waals surface area contributed by atoms with Gasteiger partial charge >= 0.3 is 0 Å². The Morgan fingerprint density at radius 2 is 2.27 bits per heavy atom. The van der Waals surface area contributed by atoms with E-state index in [1.54, 1.807) is 29.8 Å². The fourth-order valence-electron chi connectivity index (χ4n) is 1.34. The normalized spacial score (nSPS) is 11.3. The highest BCUT2D eigenvalue weighted by molar-refractivity contribution is 7.11. The molecule has 0 fully saturated rings. The van der Waals surface area contributed by atoms with E-state index in [9.17, 15) is 4.79 Å². The van der Waals surface area contributed by atoms with E-state index in [2.05, 4.69) is 4.98 Å². The molecule has 0 amide bonds. The first-order valence-corrected chi connectivity index (χ1v) is 5.39. The largest absolute Gasteiger partial charge is 0.299 e. The summed E-state index contributed by atoms with van der Waals surface area (Å²) in [5.74, 6) is 0. The second-order valence-corrected chi connectivity index (χ2v) is 3.88. The van der Waals surface area contributed by atoms with Crippen LogP contribution in [0, 0.1) is 0 Å². The molecule has 0 spiro atoms. The maximum absolute atomic E-state index is 10.6. The number of hydrogen-bond donors (Lipinski definition) is 0. The Bertz CT molecular complexity index is 460. The molecule has 74 valence electrons. The Morgan fingerprint density at radius 1 is 1.33 bits per heavy atom. The molecule has 2 aromatic heterocycles. The molecule has 0 saturated heterocycles. The number of aromatic nitrogens is 1. The number of carbonyl (C=O) groups excluding carboxylic acids is 1. The average Bonchev–Trinajstić information content (AvgIpc) is 2.80. The van der Waals surface area contributed by atoms with Crippen LogP contribution in [0.2, 0.25) is 0 Å². The summed E-state index contributed by atoms with van der Waals surface area (Å²) < 4.78 is 0. The van der Waals surface area contributed by atoms with Gasteiger partial charge in [-0.1, -0.05) is 12.1 Å². The summed E-state index contributed by atoms with van der Waals surface area (Å²) in [6, 6.07) is 7.77. The van der Waals surface area contributed by atoms with E-state index in [1.807, 2.05) is 29.6 Å². The molecule has 0 bridgehead atoms. The topological polar surface area (TPSA) is 30.0 Å². The first-order valence-electron chi connectivity index (χ1n) is 4.51. The van der Waals surface area contributed by atoms with Crippen molar-refractivity contribution in [2.75, 3.05) is 0 Å². The van der Waals surface area contributed by atoms with Crippen LogP contribution < -0.4 is 0 Å². The zero-order valence-electron chi connectivity index (χ0n) is 7.96. The predicted molar refractivity (Wildman–Crippen MR) is 61.7 cm³/mol. The fraction of sp³-hybridized carbons (Fsp3) is 0. The lowest BCUT2D eigenvalue weighted by molar-refractivity contribution is -0.104. The molecule has 15 heavy (non-hydrogen) atoms. The first-order chi connectivity index (χ1) is 7.42. The van der Waals surface area contributed by atoms with Crippen LogP contribution in [0.3, 0.4) is 0 Å². The van der Waals surface area contributed by atoms with E-state index in [4.69, 9.17) is 0 Å². The van der Waals surface area contributed by atoms with Crippen molar-refractivity contribution in [3.05, 3.63) is 58.6 Å². The molecule has 0 aliphatic carbocycles. The number of allylic oxidation sites excluding steroid dienone is 1. The van der Waals surface area contributed by atoms with E-state index in [-0.39, 0.29) is 0 Å². The van der Waals surface area contributed by atoms with Crippen LogP contribution in [0.5, 0.6) is 0 Å². The number of pyridine rings is 1. The number of hydrogen-bond acceptors (Lipinski definition) is 3. The lowest BCUT2D eigenvalue weighted by atomic mass is 10.1. The number of carbonyl (C=O) groups is 1. The Balaban J connectivity index is 2.47. The molecule has 0 aliphatic heterocycles. The zero-order chi connectivity index (χ0) is 10.5. The third kappa shape index (κ3) is 2.19. The van der Waals surface area contributed by atoms with Gasteiger partial charge in [-0.15, -0.1) is 11.3 Å². The second-order valence-electron chi connectivity index (χ2n) is 2.94. The molecule has 0 radical (unpaired) electrons. The predicted octanol–water partition coefficient (Wildman–Crippen LogP) is 2.77. The molecule has 2 nitrogen and oxygen atoms in total. The second kappa shape index (κ2) is 4.66. The number of thiophene rings is 1. The highest BCUT2D eigenvalue weighted by atomic mass is 32.1. The quantitative estimate of drug-likeness (QED) is 0.582. The van der Waals surface area contributed by atoms with Crippen molar-refractivity contribution in [3.63, 3.8) is 0 Å². The van der Waals surface area contributed by atoms with Crippen molar-refractivity contribution in [2.45, 2.75) is 0 Å². The molecule has 0 atom stereocenters. The van der Waals surface area contributed by atoms with Crippen molar-refractivity contribution < 1.29 is 4.79 Å². The Kier molecular flexibility index (Phi) is 3.05. The van der Waals surface area contributed by atoms with Crippen LogP contribution >= 0.6 is 11.3 Å². The molecule has 2 aromatic rings. The third-order valence-corrected chi connectivity index (χ3v) is 2.90. The van der Waals surface area contributed by atoms with Crippen LogP contribution in [0.4, 0.5) is 0 Å². The van der Waals surface area contributed by atoms with Crippen LogP contribution in [0.1, 0.15) is 10.4 Å². The van der Waals surface area contributed by atoms with E-state index < -0.39 is 0 Å². The molecular formula is C12H9NOS. The minimum atomic E-state index is 0.808. The molecule has 2 heterocycles. The summed E-state index contributed by atoms with van der Waals surface area (Å²) in [6.07, 6.45) is 5.86. The molecule has 0 saturated carbocycles. The fourth-order valence-corrected chi connectivity index (χ4v) is 2.12. The van der Waals surface area contributed by atoms with Crippen molar-refractivity contribution in [1.82, 2.24) is 4.98 Å². The molecule has 0 unspecified atom stereocenters. The van der Waals surface area contributed by atoms with E-state index in [0.717, 1.165) is 22.3 Å². The lowest BCUT2D eigenvalue weighted by Gasteiger charge is -2.02. The minimum Gasteiger partial charge on any atom is -0.299 e. The van der Waals surface area contributed by atoms with Crippen molar-refractivity contribution in [2.24, 2.45) is 0 Å². The van der Waals surface area contributed by atoms with Gasteiger partial charge < -0.3 is 0 Å². The summed E-state index contributed by atoms with van der Waals surface area (Å²) in [6.45, 7) is 0. The van der Waals surface area contributed by atoms with Crippen LogP contribution in [0.15, 0.2) is 48.1 Å². The van der Waals surface area contributed by atoms with Gasteiger partial charge in [0.1, 0.15) is 6.29 Å². The molecule has 2 rings (SSSR count). The Hall–Kier alpha value is -1.74. The monoisotopic (exact) mass is 215 g/mol. The zero-order valence-corrected chi connectivity index (χ0v) is 8.78. The molecule has 0 aromatic carbocycles. The third-order valence-electron chi connectivity index (χ3n) is 1.99. The van der Waals surface area contributed by atoms with Gasteiger partial charge in [0.2, 0.25) is 0 Å². The average molecular weight is 215 g/mol. The maximum atomic E-state index is 10.6.